The van der Waals surface area contributed by atoms with Gasteiger partial charge in [0.15, 0.2) is 5.13 Å². The van der Waals surface area contributed by atoms with E-state index in [0.29, 0.717) is 6.61 Å². The van der Waals surface area contributed by atoms with Gasteiger partial charge in [-0.15, -0.1) is 0 Å². The zero-order valence-corrected chi connectivity index (χ0v) is 10.8. The second kappa shape index (κ2) is 5.12. The van der Waals surface area contributed by atoms with Crippen LogP contribution in [-0.2, 0) is 15.9 Å². The van der Waals surface area contributed by atoms with Crippen LogP contribution in [0.25, 0.3) is 0 Å². The van der Waals surface area contributed by atoms with Gasteiger partial charge in [-0.05, 0) is 13.8 Å². The number of hydrogen-bond acceptors (Lipinski definition) is 5. The second-order valence-corrected chi connectivity index (χ2v) is 5.07. The predicted octanol–water partition coefficient (Wildman–Crippen LogP) is 2.22. The molecule has 1 aromatic rings. The molecule has 1 aliphatic rings. The second-order valence-electron chi connectivity index (χ2n) is 4.04. The van der Waals surface area contributed by atoms with Gasteiger partial charge in [0.1, 0.15) is 0 Å². The van der Waals surface area contributed by atoms with Crippen molar-refractivity contribution in [2.45, 2.75) is 32.5 Å². The van der Waals surface area contributed by atoms with E-state index in [2.05, 4.69) is 24.1 Å². The fraction of sp³-hybridized carbons (Fsp3) is 0.727. The number of thiazole rings is 1. The molecule has 90 valence electrons. The fourth-order valence-corrected chi connectivity index (χ4v) is 2.90. The Balaban J connectivity index is 2.05. The van der Waals surface area contributed by atoms with Crippen LogP contribution in [0.15, 0.2) is 0 Å². The predicted molar refractivity (Wildman–Crippen MR) is 65.1 cm³/mol. The number of methoxy groups -OCH3 is 1. The number of nitrogens with zero attached hydrogens (tertiary/aromatic N) is 1. The largest absolute Gasteiger partial charge is 0.383 e. The van der Waals surface area contributed by atoms with Gasteiger partial charge < -0.3 is 14.8 Å². The van der Waals surface area contributed by atoms with Gasteiger partial charge >= 0.3 is 0 Å². The minimum Gasteiger partial charge on any atom is -0.383 e. The third-order valence-electron chi connectivity index (χ3n) is 2.60. The zero-order chi connectivity index (χ0) is 11.5. The molecule has 2 unspecified atom stereocenters. The van der Waals surface area contributed by atoms with Gasteiger partial charge in [-0.3, -0.25) is 0 Å². The van der Waals surface area contributed by atoms with Crippen LogP contribution in [0.4, 0.5) is 5.13 Å². The van der Waals surface area contributed by atoms with Crippen molar-refractivity contribution in [2.24, 2.45) is 0 Å². The third-order valence-corrected chi connectivity index (χ3v) is 3.81. The first kappa shape index (κ1) is 11.8. The lowest BCUT2D eigenvalue weighted by molar-refractivity contribution is -0.00316. The van der Waals surface area contributed by atoms with Gasteiger partial charge in [-0.2, -0.15) is 0 Å². The van der Waals surface area contributed by atoms with Gasteiger partial charge in [0, 0.05) is 20.1 Å². The highest BCUT2D eigenvalue weighted by molar-refractivity contribution is 7.15. The summed E-state index contributed by atoms with van der Waals surface area (Å²) in [6, 6.07) is 0. The molecule has 0 fully saturated rings. The number of fused-ring (bicyclic) bond motifs is 1. The highest BCUT2D eigenvalue weighted by Crippen LogP contribution is 2.36. The van der Waals surface area contributed by atoms with E-state index < -0.39 is 0 Å². The molecule has 0 aromatic carbocycles. The molecule has 0 radical (unpaired) electrons. The Bertz CT molecular complexity index is 354. The number of rotatable bonds is 4. The lowest BCUT2D eigenvalue weighted by Gasteiger charge is -2.23. The van der Waals surface area contributed by atoms with Crippen LogP contribution >= 0.6 is 11.3 Å². The average molecular weight is 242 g/mol. The maximum atomic E-state index is 5.77. The molecule has 1 N–H and O–H groups in total. The Kier molecular flexibility index (Phi) is 3.78. The van der Waals surface area contributed by atoms with Crippen molar-refractivity contribution >= 4 is 16.5 Å². The summed E-state index contributed by atoms with van der Waals surface area (Å²) < 4.78 is 10.8. The number of aromatic nitrogens is 1. The maximum absolute atomic E-state index is 5.77. The van der Waals surface area contributed by atoms with E-state index in [1.807, 2.05) is 0 Å². The van der Waals surface area contributed by atoms with Crippen LogP contribution in [0.3, 0.4) is 0 Å². The van der Waals surface area contributed by atoms with E-state index in [1.165, 1.54) is 10.6 Å². The first-order valence-electron chi connectivity index (χ1n) is 5.58. The molecule has 2 atom stereocenters. The van der Waals surface area contributed by atoms with Crippen molar-refractivity contribution < 1.29 is 9.47 Å². The summed E-state index contributed by atoms with van der Waals surface area (Å²) in [5.74, 6) is 0. The lowest BCUT2D eigenvalue weighted by atomic mass is 10.1. The molecule has 2 rings (SSSR count). The molecule has 5 heteroatoms. The van der Waals surface area contributed by atoms with Gasteiger partial charge in [-0.25, -0.2) is 4.98 Å². The summed E-state index contributed by atoms with van der Waals surface area (Å²) in [4.78, 5) is 5.86. The van der Waals surface area contributed by atoms with E-state index in [1.54, 1.807) is 18.4 Å². The topological polar surface area (TPSA) is 43.4 Å². The number of hydrogen-bond donors (Lipinski definition) is 1. The molecule has 0 saturated heterocycles. The minimum absolute atomic E-state index is 0.175. The molecule has 1 aromatic heterocycles. The monoisotopic (exact) mass is 242 g/mol. The van der Waals surface area contributed by atoms with Crippen LogP contribution in [0.5, 0.6) is 0 Å². The standard InChI is InChI=1S/C11H18N2O2S/c1-7-6-9-10(8(2)15-7)16-11(13-9)12-4-5-14-3/h7-8H,4-6H2,1-3H3,(H,12,13). The molecule has 16 heavy (non-hydrogen) atoms. The van der Waals surface area contributed by atoms with Crippen molar-refractivity contribution in [1.82, 2.24) is 4.98 Å². The van der Waals surface area contributed by atoms with E-state index in [4.69, 9.17) is 9.47 Å². The first-order valence-corrected chi connectivity index (χ1v) is 6.40. The summed E-state index contributed by atoms with van der Waals surface area (Å²) in [6.07, 6.45) is 1.37. The van der Waals surface area contributed by atoms with E-state index in [0.717, 1.165) is 18.1 Å². The number of nitrogens with one attached hydrogen (secondary N) is 1. The number of ether oxygens (including phenoxy) is 2. The van der Waals surface area contributed by atoms with Crippen molar-refractivity contribution in [3.05, 3.63) is 10.6 Å². The molecule has 0 amide bonds. The lowest BCUT2D eigenvalue weighted by Crippen LogP contribution is -2.20. The highest BCUT2D eigenvalue weighted by atomic mass is 32.1. The van der Waals surface area contributed by atoms with Gasteiger partial charge in [0.05, 0.1) is 29.4 Å². The molecule has 4 nitrogen and oxygen atoms in total. The Morgan fingerprint density at radius 3 is 3.12 bits per heavy atom. The molecule has 0 saturated carbocycles. The number of anilines is 1. The Morgan fingerprint density at radius 1 is 1.56 bits per heavy atom. The molecule has 0 aliphatic carbocycles. The minimum atomic E-state index is 0.175. The zero-order valence-electron chi connectivity index (χ0n) is 9.95. The quantitative estimate of drug-likeness (QED) is 0.822. The van der Waals surface area contributed by atoms with Crippen LogP contribution in [-0.4, -0.2) is 31.3 Å². The summed E-state index contributed by atoms with van der Waals surface area (Å²) in [6.45, 7) is 5.68. The summed E-state index contributed by atoms with van der Waals surface area (Å²) in [7, 11) is 1.70. The van der Waals surface area contributed by atoms with E-state index >= 15 is 0 Å². The van der Waals surface area contributed by atoms with Gasteiger partial charge in [0.25, 0.3) is 0 Å². The van der Waals surface area contributed by atoms with Gasteiger partial charge in [0.2, 0.25) is 0 Å². The highest BCUT2D eigenvalue weighted by Gasteiger charge is 2.25. The van der Waals surface area contributed by atoms with Crippen molar-refractivity contribution in [3.8, 4) is 0 Å². The smallest absolute Gasteiger partial charge is 0.183 e. The molecule has 2 heterocycles. The molecule has 1 aliphatic heterocycles. The first-order chi connectivity index (χ1) is 7.70. The normalized spacial score (nSPS) is 24.2. The molecule has 0 spiro atoms. The summed E-state index contributed by atoms with van der Waals surface area (Å²) >= 11 is 1.69. The van der Waals surface area contributed by atoms with Crippen molar-refractivity contribution in [3.63, 3.8) is 0 Å². The molecular weight excluding hydrogens is 224 g/mol. The third kappa shape index (κ3) is 2.53. The average Bonchev–Trinajstić information content (AvgIpc) is 2.61. The van der Waals surface area contributed by atoms with Crippen molar-refractivity contribution in [2.75, 3.05) is 25.6 Å². The van der Waals surface area contributed by atoms with E-state index in [-0.39, 0.29) is 12.2 Å². The Hall–Kier alpha value is -0.650. The van der Waals surface area contributed by atoms with Crippen LogP contribution < -0.4 is 5.32 Å². The van der Waals surface area contributed by atoms with Gasteiger partial charge in [-0.1, -0.05) is 11.3 Å². The summed E-state index contributed by atoms with van der Waals surface area (Å²) in [5.41, 5.74) is 1.19. The van der Waals surface area contributed by atoms with Crippen LogP contribution in [0, 0.1) is 0 Å². The SMILES string of the molecule is COCCNc1nc2c(s1)C(C)OC(C)C2. The Labute approximate surface area is 100.0 Å². The molecule has 0 bridgehead atoms. The maximum Gasteiger partial charge on any atom is 0.183 e. The van der Waals surface area contributed by atoms with Crippen molar-refractivity contribution in [1.29, 1.82) is 0 Å². The van der Waals surface area contributed by atoms with Crippen LogP contribution in [0.1, 0.15) is 30.5 Å². The molecular formula is C11H18N2O2S. The Morgan fingerprint density at radius 2 is 2.38 bits per heavy atom. The van der Waals surface area contributed by atoms with E-state index in [9.17, 15) is 0 Å². The summed E-state index contributed by atoms with van der Waals surface area (Å²) in [5, 5.41) is 4.24. The fourth-order valence-electron chi connectivity index (χ4n) is 1.89. The van der Waals surface area contributed by atoms with Crippen LogP contribution in [0.2, 0.25) is 0 Å².